The van der Waals surface area contributed by atoms with Gasteiger partial charge in [0.15, 0.2) is 5.75 Å². The van der Waals surface area contributed by atoms with Gasteiger partial charge in [-0.15, -0.1) is 0 Å². The number of ether oxygens (including phenoxy) is 1. The number of phenols is 1. The molecule has 1 unspecified atom stereocenters. The third-order valence-electron chi connectivity index (χ3n) is 4.86. The van der Waals surface area contributed by atoms with Crippen molar-refractivity contribution in [3.63, 3.8) is 0 Å². The average Bonchev–Trinajstić information content (AvgIpc) is 3.21. The second kappa shape index (κ2) is 9.03. The number of carbonyl (C=O) groups is 2. The van der Waals surface area contributed by atoms with E-state index in [0.717, 1.165) is 9.21 Å². The molecule has 2 amide bonds. The van der Waals surface area contributed by atoms with Crippen molar-refractivity contribution >= 4 is 60.9 Å². The number of rotatable bonds is 5. The van der Waals surface area contributed by atoms with E-state index in [0.29, 0.717) is 10.9 Å². The van der Waals surface area contributed by atoms with E-state index in [1.54, 1.807) is 24.3 Å². The Morgan fingerprint density at radius 3 is 2.55 bits per heavy atom. The van der Waals surface area contributed by atoms with Crippen LogP contribution in [0.3, 0.4) is 0 Å². The molecule has 3 N–H and O–H groups in total. The first kappa shape index (κ1) is 23.3. The lowest BCUT2D eigenvalue weighted by Crippen LogP contribution is -2.41. The Balaban J connectivity index is 2.18. The second-order valence-electron chi connectivity index (χ2n) is 6.67. The first-order valence-corrected chi connectivity index (χ1v) is 11.7. The van der Waals surface area contributed by atoms with Crippen molar-refractivity contribution in [2.24, 2.45) is 5.73 Å². The number of hydrogen-bond acceptors (Lipinski definition) is 6. The average molecular weight is 533 g/mol. The first-order valence-electron chi connectivity index (χ1n) is 9.06. The fraction of sp³-hybridized carbons (Fsp3) is 0.263. The zero-order valence-electron chi connectivity index (χ0n) is 16.3. The minimum absolute atomic E-state index is 0.0475. The van der Waals surface area contributed by atoms with E-state index in [-0.39, 0.29) is 29.4 Å². The molecule has 0 aromatic heterocycles. The molecule has 0 radical (unpaired) electrons. The van der Waals surface area contributed by atoms with Gasteiger partial charge in [0.2, 0.25) is 10.0 Å². The summed E-state index contributed by atoms with van der Waals surface area (Å²) in [7, 11) is -3.25. The van der Waals surface area contributed by atoms with E-state index >= 15 is 0 Å². The molecule has 1 fully saturated rings. The number of anilines is 2. The number of esters is 1. The van der Waals surface area contributed by atoms with Gasteiger partial charge in [-0.25, -0.2) is 13.2 Å². The molecule has 0 aliphatic carbocycles. The molecule has 0 spiro atoms. The number of nitrogens with zero attached hydrogens (tertiary/aromatic N) is 2. The number of aromatic hydroxyl groups is 1. The lowest BCUT2D eigenvalue weighted by molar-refractivity contribution is -0.144. The van der Waals surface area contributed by atoms with Crippen LogP contribution in [0.5, 0.6) is 5.75 Å². The number of methoxy groups -OCH3 is 1. The van der Waals surface area contributed by atoms with Crippen LogP contribution in [-0.4, -0.2) is 49.5 Å². The lowest BCUT2D eigenvalue weighted by atomic mass is 10.2. The maximum absolute atomic E-state index is 13.4. The highest BCUT2D eigenvalue weighted by Gasteiger charge is 2.43. The summed E-state index contributed by atoms with van der Waals surface area (Å²) in [5, 5.41) is 10.7. The molecule has 1 aliphatic heterocycles. The molecule has 1 atom stereocenters. The predicted molar refractivity (Wildman–Crippen MR) is 118 cm³/mol. The molecule has 3 rings (SSSR count). The van der Waals surface area contributed by atoms with Gasteiger partial charge in [-0.3, -0.25) is 9.69 Å². The summed E-state index contributed by atoms with van der Waals surface area (Å²) < 4.78 is 32.9. The van der Waals surface area contributed by atoms with Crippen LogP contribution in [0.2, 0.25) is 5.02 Å². The largest absolute Gasteiger partial charge is 0.504 e. The van der Waals surface area contributed by atoms with Crippen molar-refractivity contribution in [2.75, 3.05) is 18.6 Å². The van der Waals surface area contributed by atoms with Gasteiger partial charge in [0.05, 0.1) is 23.5 Å². The van der Waals surface area contributed by atoms with E-state index < -0.39 is 38.7 Å². The topological polar surface area (TPSA) is 130 Å². The fourth-order valence-corrected chi connectivity index (χ4v) is 6.18. The summed E-state index contributed by atoms with van der Waals surface area (Å²) in [5.74, 6) is -1.47. The molecule has 2 aromatic carbocycles. The van der Waals surface area contributed by atoms with Gasteiger partial charge in [-0.1, -0.05) is 23.7 Å². The summed E-state index contributed by atoms with van der Waals surface area (Å²) in [4.78, 5) is 24.6. The monoisotopic (exact) mass is 531 g/mol. The number of benzene rings is 2. The molecule has 12 heteroatoms. The number of para-hydroxylation sites is 1. The van der Waals surface area contributed by atoms with Crippen molar-refractivity contribution in [1.29, 1.82) is 0 Å². The first-order chi connectivity index (χ1) is 14.6. The van der Waals surface area contributed by atoms with Gasteiger partial charge in [0.1, 0.15) is 10.9 Å². The quantitative estimate of drug-likeness (QED) is 0.568. The number of nitrogens with two attached hydrogens (primary N) is 1. The van der Waals surface area contributed by atoms with Crippen LogP contribution in [0.15, 0.2) is 45.8 Å². The molecule has 31 heavy (non-hydrogen) atoms. The number of hydrogen-bond donors (Lipinski definition) is 2. The minimum Gasteiger partial charge on any atom is -0.504 e. The summed E-state index contributed by atoms with van der Waals surface area (Å²) in [6.07, 6.45) is 0.704. The summed E-state index contributed by atoms with van der Waals surface area (Å²) in [5.41, 5.74) is 5.64. The maximum atomic E-state index is 13.4. The van der Waals surface area contributed by atoms with Crippen molar-refractivity contribution in [3.8, 4) is 5.75 Å². The molecule has 2 aromatic rings. The summed E-state index contributed by atoms with van der Waals surface area (Å²) in [6, 6.07) is 7.09. The number of carbonyl (C=O) groups excluding carboxylic acids is 2. The Kier molecular flexibility index (Phi) is 6.79. The smallest absolute Gasteiger partial charge is 0.324 e. The highest BCUT2D eigenvalue weighted by molar-refractivity contribution is 9.10. The molecular formula is C19H19BrClN3O6S. The summed E-state index contributed by atoms with van der Waals surface area (Å²) in [6.45, 7) is 0.0475. The van der Waals surface area contributed by atoms with Crippen LogP contribution in [0, 0.1) is 0 Å². The van der Waals surface area contributed by atoms with Crippen LogP contribution < -0.4 is 10.6 Å². The number of amides is 2. The third-order valence-corrected chi connectivity index (χ3v) is 7.94. The molecule has 0 saturated carbocycles. The lowest BCUT2D eigenvalue weighted by Gasteiger charge is -2.26. The van der Waals surface area contributed by atoms with Gasteiger partial charge < -0.3 is 15.6 Å². The van der Waals surface area contributed by atoms with Crippen molar-refractivity contribution in [3.05, 3.63) is 45.9 Å². The van der Waals surface area contributed by atoms with Crippen LogP contribution >= 0.6 is 27.5 Å². The number of urea groups is 1. The number of phenolic OH excluding ortho intramolecular Hbond substituents is 1. The minimum atomic E-state index is -4.42. The van der Waals surface area contributed by atoms with Crippen LogP contribution in [0.4, 0.5) is 16.2 Å². The second-order valence-corrected chi connectivity index (χ2v) is 9.76. The van der Waals surface area contributed by atoms with Gasteiger partial charge in [0, 0.05) is 11.0 Å². The third kappa shape index (κ3) is 4.22. The molecule has 9 nitrogen and oxygen atoms in total. The van der Waals surface area contributed by atoms with Gasteiger partial charge in [-0.2, -0.15) is 4.31 Å². The number of primary amides is 1. The zero-order valence-corrected chi connectivity index (χ0v) is 19.4. The van der Waals surface area contributed by atoms with Gasteiger partial charge in [0.25, 0.3) is 0 Å². The molecule has 166 valence electrons. The highest BCUT2D eigenvalue weighted by Crippen LogP contribution is 2.44. The highest BCUT2D eigenvalue weighted by atomic mass is 79.9. The number of halogens is 2. The Hall–Kier alpha value is -2.34. The van der Waals surface area contributed by atoms with Crippen LogP contribution in [-0.2, 0) is 19.6 Å². The van der Waals surface area contributed by atoms with Crippen molar-refractivity contribution < 1.29 is 27.9 Å². The number of sulfonamides is 1. The summed E-state index contributed by atoms with van der Waals surface area (Å²) >= 11 is 9.47. The van der Waals surface area contributed by atoms with Crippen molar-refractivity contribution in [1.82, 2.24) is 4.31 Å². The molecule has 1 saturated heterocycles. The van der Waals surface area contributed by atoms with Crippen molar-refractivity contribution in [2.45, 2.75) is 23.8 Å². The van der Waals surface area contributed by atoms with E-state index in [1.165, 1.54) is 19.2 Å². The van der Waals surface area contributed by atoms with E-state index in [1.807, 2.05) is 0 Å². The van der Waals surface area contributed by atoms with Gasteiger partial charge in [-0.05, 0) is 53.0 Å². The molecule has 1 aliphatic rings. The van der Waals surface area contributed by atoms with E-state index in [2.05, 4.69) is 15.9 Å². The van der Waals surface area contributed by atoms with E-state index in [9.17, 15) is 23.1 Å². The maximum Gasteiger partial charge on any atom is 0.324 e. The Labute approximate surface area is 192 Å². The zero-order chi connectivity index (χ0) is 22.9. The SMILES string of the molecule is COC(=O)C1CCCN1S(=O)(=O)c1c(Cl)ccc(N(C(N)=O)c2ccccc2Br)c1O. The Bertz CT molecular complexity index is 1140. The Morgan fingerprint density at radius 1 is 1.26 bits per heavy atom. The predicted octanol–water partition coefficient (Wildman–Crippen LogP) is 3.35. The van der Waals surface area contributed by atoms with Crippen LogP contribution in [0.1, 0.15) is 12.8 Å². The van der Waals surface area contributed by atoms with E-state index in [4.69, 9.17) is 22.1 Å². The van der Waals surface area contributed by atoms with Gasteiger partial charge >= 0.3 is 12.0 Å². The fourth-order valence-electron chi connectivity index (χ4n) is 3.48. The molecule has 1 heterocycles. The standard InChI is InChI=1S/C19H19BrClN3O6S/c1-30-18(26)15-7-4-10-23(15)31(28,29)17-12(21)8-9-14(16(17)25)24(19(22)27)13-6-3-2-5-11(13)20/h2-3,5-6,8-9,15,25H,4,7,10H2,1H3,(H2,22,27). The molecule has 0 bridgehead atoms. The van der Waals surface area contributed by atoms with Crippen LogP contribution in [0.25, 0.3) is 0 Å². The normalized spacial score (nSPS) is 16.8. The molecular weight excluding hydrogens is 514 g/mol. The Morgan fingerprint density at radius 2 is 1.94 bits per heavy atom.